The zero-order chi connectivity index (χ0) is 22.2. The molecular weight excluding hydrogens is 408 g/mol. The number of sulfonamides is 1. The van der Waals surface area contributed by atoms with Crippen LogP contribution in [0.2, 0.25) is 0 Å². The Morgan fingerprint density at radius 2 is 1.55 bits per heavy atom. The third-order valence-electron chi connectivity index (χ3n) is 5.76. The molecule has 0 N–H and O–H groups in total. The molecule has 3 aromatic rings. The fraction of sp³-hybridized carbons (Fsp3) is 0.240. The lowest BCUT2D eigenvalue weighted by molar-refractivity contribution is -0.117. The number of hydrogen-bond donors (Lipinski definition) is 0. The van der Waals surface area contributed by atoms with Crippen LogP contribution in [-0.2, 0) is 14.8 Å². The summed E-state index contributed by atoms with van der Waals surface area (Å²) in [7, 11) is -3.75. The van der Waals surface area contributed by atoms with Crippen LogP contribution in [0, 0.1) is 6.92 Å². The van der Waals surface area contributed by atoms with Crippen LogP contribution < -0.4 is 9.21 Å². The zero-order valence-corrected chi connectivity index (χ0v) is 18.7. The van der Waals surface area contributed by atoms with Gasteiger partial charge in [0.25, 0.3) is 10.0 Å². The second-order valence-electron chi connectivity index (χ2n) is 8.00. The maximum Gasteiger partial charge on any atom is 0.264 e. The molecule has 0 aromatic heterocycles. The first-order chi connectivity index (χ1) is 14.8. The van der Waals surface area contributed by atoms with Gasteiger partial charge in [-0.1, -0.05) is 54.1 Å². The van der Waals surface area contributed by atoms with Crippen molar-refractivity contribution in [1.29, 1.82) is 0 Å². The molecule has 5 nitrogen and oxygen atoms in total. The molecular formula is C25H26N2O3S. The van der Waals surface area contributed by atoms with E-state index in [1.54, 1.807) is 24.0 Å². The van der Waals surface area contributed by atoms with Crippen molar-refractivity contribution in [2.75, 3.05) is 9.21 Å². The van der Waals surface area contributed by atoms with Gasteiger partial charge in [-0.05, 0) is 56.2 Å². The predicted octanol–water partition coefficient (Wildman–Crippen LogP) is 5.08. The molecule has 0 unspecified atom stereocenters. The first-order valence-corrected chi connectivity index (χ1v) is 11.8. The normalized spacial score (nSPS) is 18.4. The van der Waals surface area contributed by atoms with E-state index in [0.717, 1.165) is 16.8 Å². The van der Waals surface area contributed by atoms with Gasteiger partial charge in [-0.15, -0.1) is 0 Å². The van der Waals surface area contributed by atoms with E-state index < -0.39 is 10.0 Å². The quantitative estimate of drug-likeness (QED) is 0.576. The van der Waals surface area contributed by atoms with Crippen LogP contribution in [-0.4, -0.2) is 20.4 Å². The standard InChI is InChI=1S/C25H26N2O3S/c1-18-13-15-22(16-14-18)31(29,30)27-19(2)17-25(23-11-7-8-12-24(23)27)26(20(3)28)21-9-5-4-6-10-21/h4-16,19,25H,17H2,1-3H3/t19-,25-/m0/s1. The molecule has 0 aliphatic carbocycles. The smallest absolute Gasteiger partial charge is 0.264 e. The highest BCUT2D eigenvalue weighted by Gasteiger charge is 2.40. The Labute approximate surface area is 184 Å². The molecule has 6 heteroatoms. The highest BCUT2D eigenvalue weighted by molar-refractivity contribution is 7.92. The Bertz CT molecular complexity index is 1190. The summed E-state index contributed by atoms with van der Waals surface area (Å²) >= 11 is 0. The van der Waals surface area contributed by atoms with E-state index >= 15 is 0 Å². The lowest BCUT2D eigenvalue weighted by Gasteiger charge is -2.43. The molecule has 1 heterocycles. The van der Waals surface area contributed by atoms with Gasteiger partial charge in [0, 0.05) is 18.7 Å². The van der Waals surface area contributed by atoms with Crippen molar-refractivity contribution in [1.82, 2.24) is 0 Å². The Morgan fingerprint density at radius 1 is 0.935 bits per heavy atom. The summed E-state index contributed by atoms with van der Waals surface area (Å²) in [6.45, 7) is 5.38. The number of amides is 1. The van der Waals surface area contributed by atoms with E-state index in [1.807, 2.05) is 80.6 Å². The molecule has 1 aliphatic heterocycles. The first-order valence-electron chi connectivity index (χ1n) is 10.4. The number of aryl methyl sites for hydroxylation is 1. The second-order valence-corrected chi connectivity index (χ2v) is 9.81. The molecule has 160 valence electrons. The SMILES string of the molecule is CC(=O)N(c1ccccc1)[C@H]1C[C@H](C)N(S(=O)(=O)c2ccc(C)cc2)c2ccccc21. The highest BCUT2D eigenvalue weighted by atomic mass is 32.2. The topological polar surface area (TPSA) is 57.7 Å². The van der Waals surface area contributed by atoms with Gasteiger partial charge >= 0.3 is 0 Å². The fourth-order valence-corrected chi connectivity index (χ4v) is 6.05. The molecule has 31 heavy (non-hydrogen) atoms. The van der Waals surface area contributed by atoms with E-state index in [2.05, 4.69) is 0 Å². The maximum absolute atomic E-state index is 13.6. The Hall–Kier alpha value is -3.12. The van der Waals surface area contributed by atoms with Gasteiger partial charge in [0.1, 0.15) is 0 Å². The number of hydrogen-bond acceptors (Lipinski definition) is 3. The summed E-state index contributed by atoms with van der Waals surface area (Å²) in [6.07, 6.45) is 0.497. The average Bonchev–Trinajstić information content (AvgIpc) is 2.74. The van der Waals surface area contributed by atoms with E-state index in [0.29, 0.717) is 12.1 Å². The summed E-state index contributed by atoms with van der Waals surface area (Å²) < 4.78 is 28.7. The molecule has 1 aliphatic rings. The summed E-state index contributed by atoms with van der Waals surface area (Å²) in [5.74, 6) is -0.0759. The number of para-hydroxylation sites is 2. The van der Waals surface area contributed by atoms with Crippen LogP contribution in [0.4, 0.5) is 11.4 Å². The molecule has 0 spiro atoms. The van der Waals surface area contributed by atoms with Gasteiger partial charge < -0.3 is 4.90 Å². The summed E-state index contributed by atoms with van der Waals surface area (Å²) in [5.41, 5.74) is 3.26. The fourth-order valence-electron chi connectivity index (χ4n) is 4.36. The molecule has 0 saturated heterocycles. The maximum atomic E-state index is 13.6. The van der Waals surface area contributed by atoms with Crippen LogP contribution >= 0.6 is 0 Å². The van der Waals surface area contributed by atoms with Gasteiger partial charge in [-0.3, -0.25) is 9.10 Å². The number of benzene rings is 3. The van der Waals surface area contributed by atoms with Gasteiger partial charge in [0.2, 0.25) is 5.91 Å². The first kappa shape index (κ1) is 21.1. The van der Waals surface area contributed by atoms with Gasteiger partial charge in [-0.2, -0.15) is 0 Å². The minimum atomic E-state index is -3.75. The van der Waals surface area contributed by atoms with Crippen molar-refractivity contribution in [3.63, 3.8) is 0 Å². The average molecular weight is 435 g/mol. The van der Waals surface area contributed by atoms with Crippen LogP contribution in [0.3, 0.4) is 0 Å². The summed E-state index contributed by atoms with van der Waals surface area (Å²) in [6, 6.07) is 23.3. The number of anilines is 2. The van der Waals surface area contributed by atoms with Crippen molar-refractivity contribution in [3.8, 4) is 0 Å². The van der Waals surface area contributed by atoms with Crippen LogP contribution in [0.5, 0.6) is 0 Å². The van der Waals surface area contributed by atoms with Gasteiger partial charge in [-0.25, -0.2) is 8.42 Å². The number of carbonyl (C=O) groups is 1. The molecule has 0 bridgehead atoms. The van der Waals surface area contributed by atoms with Crippen LogP contribution in [0.1, 0.15) is 37.4 Å². The lowest BCUT2D eigenvalue weighted by atomic mass is 9.91. The van der Waals surface area contributed by atoms with Crippen molar-refractivity contribution in [3.05, 3.63) is 90.0 Å². The minimum Gasteiger partial charge on any atom is -0.305 e. The monoisotopic (exact) mass is 434 g/mol. The summed E-state index contributed by atoms with van der Waals surface area (Å²) in [4.78, 5) is 14.7. The number of carbonyl (C=O) groups excluding carboxylic acids is 1. The van der Waals surface area contributed by atoms with E-state index in [1.165, 1.54) is 4.31 Å². The Kier molecular flexibility index (Phi) is 5.58. The minimum absolute atomic E-state index is 0.0759. The molecule has 3 aromatic carbocycles. The number of nitrogens with zero attached hydrogens (tertiary/aromatic N) is 2. The van der Waals surface area contributed by atoms with Crippen molar-refractivity contribution in [2.45, 2.75) is 44.2 Å². The number of rotatable bonds is 4. The van der Waals surface area contributed by atoms with Gasteiger partial charge in [0.15, 0.2) is 0 Å². The predicted molar refractivity (Wildman–Crippen MR) is 124 cm³/mol. The van der Waals surface area contributed by atoms with Gasteiger partial charge in [0.05, 0.1) is 16.6 Å². The van der Waals surface area contributed by atoms with E-state index in [9.17, 15) is 13.2 Å². The van der Waals surface area contributed by atoms with E-state index in [-0.39, 0.29) is 22.9 Å². The largest absolute Gasteiger partial charge is 0.305 e. The number of fused-ring (bicyclic) bond motifs is 1. The molecule has 2 atom stereocenters. The van der Waals surface area contributed by atoms with Crippen molar-refractivity contribution in [2.24, 2.45) is 0 Å². The second kappa shape index (κ2) is 8.19. The lowest BCUT2D eigenvalue weighted by Crippen LogP contribution is -2.47. The summed E-state index contributed by atoms with van der Waals surface area (Å²) in [5, 5.41) is 0. The van der Waals surface area contributed by atoms with E-state index in [4.69, 9.17) is 0 Å². The third kappa shape index (κ3) is 3.83. The molecule has 0 saturated carbocycles. The van der Waals surface area contributed by atoms with Crippen LogP contribution in [0.15, 0.2) is 83.8 Å². The van der Waals surface area contributed by atoms with Crippen molar-refractivity contribution < 1.29 is 13.2 Å². The molecule has 0 fully saturated rings. The van der Waals surface area contributed by atoms with Crippen LogP contribution in [0.25, 0.3) is 0 Å². The Morgan fingerprint density at radius 3 is 2.19 bits per heavy atom. The third-order valence-corrected chi connectivity index (χ3v) is 7.70. The molecule has 4 rings (SSSR count). The Balaban J connectivity index is 1.83. The highest BCUT2D eigenvalue weighted by Crippen LogP contribution is 2.44. The zero-order valence-electron chi connectivity index (χ0n) is 17.9. The molecule has 1 amide bonds. The van der Waals surface area contributed by atoms with Crippen molar-refractivity contribution >= 4 is 27.3 Å². The molecule has 0 radical (unpaired) electrons.